The molecule has 138 valence electrons. The van der Waals surface area contributed by atoms with Crippen LogP contribution < -0.4 is 10.6 Å². The first-order chi connectivity index (χ1) is 12.0. The van der Waals surface area contributed by atoms with E-state index in [0.717, 1.165) is 44.5 Å². The van der Waals surface area contributed by atoms with Gasteiger partial charge in [0.25, 0.3) is 0 Å². The molecule has 1 aromatic carbocycles. The van der Waals surface area contributed by atoms with Crippen molar-refractivity contribution in [3.05, 3.63) is 35.9 Å². The summed E-state index contributed by atoms with van der Waals surface area (Å²) in [6.07, 6.45) is 2.60. The van der Waals surface area contributed by atoms with E-state index in [-0.39, 0.29) is 29.8 Å². The van der Waals surface area contributed by atoms with Gasteiger partial charge in [-0.25, -0.2) is 0 Å². The Kier molecular flexibility index (Phi) is 7.44. The number of nitrogens with zero attached hydrogens (tertiary/aromatic N) is 1. The van der Waals surface area contributed by atoms with E-state index >= 15 is 0 Å². The van der Waals surface area contributed by atoms with Crippen LogP contribution in [0.4, 0.5) is 0 Å². The zero-order valence-electron chi connectivity index (χ0n) is 15.6. The Morgan fingerprint density at radius 2 is 1.80 bits per heavy atom. The highest BCUT2D eigenvalue weighted by Crippen LogP contribution is 2.20. The van der Waals surface area contributed by atoms with Gasteiger partial charge in [0.2, 0.25) is 11.8 Å². The third kappa shape index (κ3) is 5.56. The molecule has 2 atom stereocenters. The highest BCUT2D eigenvalue weighted by atomic mass is 16.2. The summed E-state index contributed by atoms with van der Waals surface area (Å²) in [6, 6.07) is 9.80. The summed E-state index contributed by atoms with van der Waals surface area (Å²) in [5, 5.41) is 6.07. The average Bonchev–Trinajstić information content (AvgIpc) is 2.66. The molecule has 0 bridgehead atoms. The molecule has 2 unspecified atom stereocenters. The van der Waals surface area contributed by atoms with Gasteiger partial charge >= 0.3 is 0 Å². The standard InChI is InChI=1S/C20H31N3O2/c1-4-12-21-20(25)18-10-13-23(14-11-18)16(3)19(24)22-15(2)17-8-6-5-7-9-17/h5-9,15-16,18H,4,10-14H2,1-3H3,(H,21,25)(H,22,24). The van der Waals surface area contributed by atoms with Crippen molar-refractivity contribution in [3.63, 3.8) is 0 Å². The normalized spacial score (nSPS) is 18.4. The minimum Gasteiger partial charge on any atom is -0.356 e. The van der Waals surface area contributed by atoms with Crippen molar-refractivity contribution in [3.8, 4) is 0 Å². The topological polar surface area (TPSA) is 61.4 Å². The van der Waals surface area contributed by atoms with Crippen LogP contribution in [0.15, 0.2) is 30.3 Å². The molecule has 2 rings (SSSR count). The zero-order chi connectivity index (χ0) is 18.2. The molecule has 0 aromatic heterocycles. The van der Waals surface area contributed by atoms with Gasteiger partial charge in [0.15, 0.2) is 0 Å². The molecule has 1 saturated heterocycles. The summed E-state index contributed by atoms with van der Waals surface area (Å²) >= 11 is 0. The minimum atomic E-state index is -0.175. The minimum absolute atomic E-state index is 0.00601. The van der Waals surface area contributed by atoms with Crippen molar-refractivity contribution in [1.82, 2.24) is 15.5 Å². The van der Waals surface area contributed by atoms with Gasteiger partial charge in [0.05, 0.1) is 12.1 Å². The van der Waals surface area contributed by atoms with E-state index in [9.17, 15) is 9.59 Å². The van der Waals surface area contributed by atoms with Gasteiger partial charge in [-0.2, -0.15) is 0 Å². The first-order valence-electron chi connectivity index (χ1n) is 9.40. The van der Waals surface area contributed by atoms with Crippen molar-refractivity contribution in [2.24, 2.45) is 5.92 Å². The lowest BCUT2D eigenvalue weighted by molar-refractivity contribution is -0.129. The molecule has 1 aliphatic rings. The molecule has 5 nitrogen and oxygen atoms in total. The predicted molar refractivity (Wildman–Crippen MR) is 100 cm³/mol. The van der Waals surface area contributed by atoms with Crippen LogP contribution in [0.2, 0.25) is 0 Å². The molecule has 1 heterocycles. The number of amides is 2. The van der Waals surface area contributed by atoms with Crippen LogP contribution in [0.1, 0.15) is 51.6 Å². The van der Waals surface area contributed by atoms with E-state index in [2.05, 4.69) is 22.5 Å². The number of carbonyl (C=O) groups excluding carboxylic acids is 2. The number of likely N-dealkylation sites (tertiary alicyclic amines) is 1. The highest BCUT2D eigenvalue weighted by Gasteiger charge is 2.30. The van der Waals surface area contributed by atoms with Gasteiger partial charge in [-0.05, 0) is 51.8 Å². The molecular formula is C20H31N3O2. The number of nitrogens with one attached hydrogen (secondary N) is 2. The molecular weight excluding hydrogens is 314 g/mol. The molecule has 2 amide bonds. The second-order valence-corrected chi connectivity index (χ2v) is 6.92. The van der Waals surface area contributed by atoms with Crippen molar-refractivity contribution in [2.75, 3.05) is 19.6 Å². The van der Waals surface area contributed by atoms with E-state index in [1.165, 1.54) is 0 Å². The number of benzene rings is 1. The molecule has 1 fully saturated rings. The van der Waals surface area contributed by atoms with Gasteiger partial charge in [-0.1, -0.05) is 37.3 Å². The van der Waals surface area contributed by atoms with E-state index in [0.29, 0.717) is 0 Å². The summed E-state index contributed by atoms with van der Waals surface area (Å²) in [6.45, 7) is 8.33. The Morgan fingerprint density at radius 1 is 1.16 bits per heavy atom. The number of hydrogen-bond donors (Lipinski definition) is 2. The summed E-state index contributed by atoms with van der Waals surface area (Å²) in [7, 11) is 0. The second-order valence-electron chi connectivity index (χ2n) is 6.92. The Hall–Kier alpha value is -1.88. The molecule has 0 spiro atoms. The molecule has 1 aliphatic heterocycles. The van der Waals surface area contributed by atoms with Gasteiger partial charge in [0, 0.05) is 12.5 Å². The van der Waals surface area contributed by atoms with E-state index in [1.807, 2.05) is 44.2 Å². The molecule has 2 N–H and O–H groups in total. The van der Waals surface area contributed by atoms with Gasteiger partial charge < -0.3 is 10.6 Å². The average molecular weight is 345 g/mol. The zero-order valence-corrected chi connectivity index (χ0v) is 15.6. The molecule has 0 aliphatic carbocycles. The fourth-order valence-electron chi connectivity index (χ4n) is 3.27. The molecule has 0 saturated carbocycles. The van der Waals surface area contributed by atoms with E-state index < -0.39 is 0 Å². The second kappa shape index (κ2) is 9.56. The smallest absolute Gasteiger partial charge is 0.237 e. The summed E-state index contributed by atoms with van der Waals surface area (Å²) < 4.78 is 0. The van der Waals surface area contributed by atoms with Crippen LogP contribution in [0.3, 0.4) is 0 Å². The number of rotatable bonds is 7. The first kappa shape index (κ1) is 19.4. The lowest BCUT2D eigenvalue weighted by Gasteiger charge is -2.35. The lowest BCUT2D eigenvalue weighted by Crippen LogP contribution is -2.50. The fraction of sp³-hybridized carbons (Fsp3) is 0.600. The third-order valence-corrected chi connectivity index (χ3v) is 5.04. The van der Waals surface area contributed by atoms with Crippen molar-refractivity contribution in [1.29, 1.82) is 0 Å². The lowest BCUT2D eigenvalue weighted by atomic mass is 9.95. The van der Waals surface area contributed by atoms with Crippen molar-refractivity contribution >= 4 is 11.8 Å². The summed E-state index contributed by atoms with van der Waals surface area (Å²) in [5.74, 6) is 0.294. The largest absolute Gasteiger partial charge is 0.356 e. The van der Waals surface area contributed by atoms with E-state index in [4.69, 9.17) is 0 Å². The van der Waals surface area contributed by atoms with Crippen LogP contribution >= 0.6 is 0 Å². The Labute approximate surface area is 151 Å². The van der Waals surface area contributed by atoms with Gasteiger partial charge in [-0.15, -0.1) is 0 Å². The molecule has 0 radical (unpaired) electrons. The predicted octanol–water partition coefficient (Wildman–Crippen LogP) is 2.49. The molecule has 25 heavy (non-hydrogen) atoms. The maximum atomic E-state index is 12.6. The Bertz CT molecular complexity index is 553. The third-order valence-electron chi connectivity index (χ3n) is 5.04. The monoisotopic (exact) mass is 345 g/mol. The van der Waals surface area contributed by atoms with Crippen LogP contribution in [-0.2, 0) is 9.59 Å². The Balaban J connectivity index is 1.80. The molecule has 1 aromatic rings. The van der Waals surface area contributed by atoms with Gasteiger partial charge in [-0.3, -0.25) is 14.5 Å². The maximum Gasteiger partial charge on any atom is 0.237 e. The van der Waals surface area contributed by atoms with Gasteiger partial charge in [0.1, 0.15) is 0 Å². The summed E-state index contributed by atoms with van der Waals surface area (Å²) in [5.41, 5.74) is 1.11. The quantitative estimate of drug-likeness (QED) is 0.798. The number of carbonyl (C=O) groups is 2. The Morgan fingerprint density at radius 3 is 2.40 bits per heavy atom. The van der Waals surface area contributed by atoms with Crippen LogP contribution in [0, 0.1) is 5.92 Å². The van der Waals surface area contributed by atoms with Crippen molar-refractivity contribution in [2.45, 2.75) is 52.1 Å². The highest BCUT2D eigenvalue weighted by molar-refractivity contribution is 5.82. The van der Waals surface area contributed by atoms with Crippen LogP contribution in [0.25, 0.3) is 0 Å². The summed E-state index contributed by atoms with van der Waals surface area (Å²) in [4.78, 5) is 26.8. The fourth-order valence-corrected chi connectivity index (χ4v) is 3.27. The number of piperidine rings is 1. The van der Waals surface area contributed by atoms with Crippen LogP contribution in [-0.4, -0.2) is 42.4 Å². The van der Waals surface area contributed by atoms with Crippen molar-refractivity contribution < 1.29 is 9.59 Å². The SMILES string of the molecule is CCCNC(=O)C1CCN(C(C)C(=O)NC(C)c2ccccc2)CC1. The maximum absolute atomic E-state index is 12.6. The first-order valence-corrected chi connectivity index (χ1v) is 9.40. The number of hydrogen-bond acceptors (Lipinski definition) is 3. The van der Waals surface area contributed by atoms with E-state index in [1.54, 1.807) is 0 Å². The molecule has 5 heteroatoms. The van der Waals surface area contributed by atoms with Crippen LogP contribution in [0.5, 0.6) is 0 Å².